The lowest BCUT2D eigenvalue weighted by atomic mass is 10.2. The first kappa shape index (κ1) is 14.1. The van der Waals surface area contributed by atoms with Gasteiger partial charge in [-0.25, -0.2) is 4.79 Å². The molecule has 0 saturated carbocycles. The molecule has 21 heavy (non-hydrogen) atoms. The maximum Gasteiger partial charge on any atom is 0.338 e. The van der Waals surface area contributed by atoms with E-state index in [1.165, 1.54) is 0 Å². The summed E-state index contributed by atoms with van der Waals surface area (Å²) in [4.78, 5) is 12.0. The highest BCUT2D eigenvalue weighted by molar-refractivity contribution is 9.10. The van der Waals surface area contributed by atoms with Crippen LogP contribution in [0.4, 0.5) is 5.69 Å². The van der Waals surface area contributed by atoms with Crippen LogP contribution in [0.3, 0.4) is 0 Å². The van der Waals surface area contributed by atoms with Gasteiger partial charge in [-0.2, -0.15) is 0 Å². The molecular weight excluding hydrogens is 336 g/mol. The van der Waals surface area contributed by atoms with Crippen molar-refractivity contribution in [3.8, 4) is 0 Å². The van der Waals surface area contributed by atoms with Crippen LogP contribution in [0.15, 0.2) is 22.7 Å². The average Bonchev–Trinajstić information content (AvgIpc) is 2.91. The molecule has 6 nitrogen and oxygen atoms in total. The number of nitrogen functional groups attached to an aromatic ring is 1. The summed E-state index contributed by atoms with van der Waals surface area (Å²) < 4.78 is 8.09. The molecule has 0 fully saturated rings. The molecular formula is C14H15BrN4O2. The van der Waals surface area contributed by atoms with Gasteiger partial charge >= 0.3 is 5.97 Å². The summed E-state index contributed by atoms with van der Waals surface area (Å²) in [5.74, 6) is 1.26. The zero-order valence-electron chi connectivity index (χ0n) is 11.4. The Morgan fingerprint density at radius 1 is 1.38 bits per heavy atom. The van der Waals surface area contributed by atoms with Crippen LogP contribution in [0.25, 0.3) is 0 Å². The number of carbonyl (C=O) groups is 1. The monoisotopic (exact) mass is 350 g/mol. The van der Waals surface area contributed by atoms with E-state index in [4.69, 9.17) is 10.5 Å². The van der Waals surface area contributed by atoms with Crippen LogP contribution in [-0.4, -0.2) is 20.7 Å². The van der Waals surface area contributed by atoms with Gasteiger partial charge in [0.25, 0.3) is 0 Å². The molecule has 1 aromatic carbocycles. The van der Waals surface area contributed by atoms with E-state index in [0.29, 0.717) is 17.1 Å². The molecule has 0 unspecified atom stereocenters. The number of aromatic nitrogens is 3. The van der Waals surface area contributed by atoms with Gasteiger partial charge in [-0.05, 0) is 47.0 Å². The number of nitrogens with zero attached hydrogens (tertiary/aromatic N) is 3. The zero-order chi connectivity index (χ0) is 14.8. The highest BCUT2D eigenvalue weighted by Crippen LogP contribution is 2.21. The lowest BCUT2D eigenvalue weighted by Gasteiger charge is -2.14. The molecule has 7 heteroatoms. The van der Waals surface area contributed by atoms with Crippen molar-refractivity contribution < 1.29 is 9.53 Å². The second kappa shape index (κ2) is 5.85. The maximum atomic E-state index is 12.0. The molecule has 2 aromatic rings. The van der Waals surface area contributed by atoms with E-state index in [9.17, 15) is 4.79 Å². The smallest absolute Gasteiger partial charge is 0.338 e. The van der Waals surface area contributed by atoms with Crippen LogP contribution in [0.5, 0.6) is 0 Å². The third kappa shape index (κ3) is 2.92. The Bertz CT molecular complexity index is 684. The molecule has 0 bridgehead atoms. The average molecular weight is 351 g/mol. The Kier molecular flexibility index (Phi) is 3.92. The highest BCUT2D eigenvalue weighted by Gasteiger charge is 2.17. The molecule has 1 aliphatic rings. The standard InChI is InChI=1S/C14H15BrN4O2/c15-10-5-4-9(7-11(10)16)14(20)21-8-13-18-17-12-3-1-2-6-19(12)13/h4-5,7H,1-3,6,8,16H2. The molecule has 0 aliphatic carbocycles. The fourth-order valence-electron chi connectivity index (χ4n) is 2.36. The molecule has 2 heterocycles. The number of carbonyl (C=O) groups excluding carboxylic acids is 1. The summed E-state index contributed by atoms with van der Waals surface area (Å²) in [5.41, 5.74) is 6.69. The van der Waals surface area contributed by atoms with Crippen LogP contribution < -0.4 is 5.73 Å². The van der Waals surface area contributed by atoms with E-state index >= 15 is 0 Å². The predicted octanol–water partition coefficient (Wildman–Crippen LogP) is 2.32. The number of benzene rings is 1. The minimum absolute atomic E-state index is 0.127. The first-order valence-corrected chi connectivity index (χ1v) is 7.57. The minimum atomic E-state index is -0.414. The minimum Gasteiger partial charge on any atom is -0.454 e. The first-order chi connectivity index (χ1) is 10.1. The summed E-state index contributed by atoms with van der Waals surface area (Å²) in [7, 11) is 0. The maximum absolute atomic E-state index is 12.0. The molecule has 110 valence electrons. The van der Waals surface area contributed by atoms with Crippen molar-refractivity contribution in [2.75, 3.05) is 5.73 Å². The summed E-state index contributed by atoms with van der Waals surface area (Å²) >= 11 is 3.29. The SMILES string of the molecule is Nc1cc(C(=O)OCc2nnc3n2CCCC3)ccc1Br. The van der Waals surface area contributed by atoms with E-state index < -0.39 is 5.97 Å². The number of rotatable bonds is 3. The van der Waals surface area contributed by atoms with Crippen molar-refractivity contribution in [1.82, 2.24) is 14.8 Å². The number of hydrogen-bond donors (Lipinski definition) is 1. The lowest BCUT2D eigenvalue weighted by molar-refractivity contribution is 0.0457. The Balaban J connectivity index is 1.68. The van der Waals surface area contributed by atoms with Gasteiger partial charge in [0.1, 0.15) is 5.82 Å². The molecule has 1 aliphatic heterocycles. The Morgan fingerprint density at radius 3 is 3.05 bits per heavy atom. The van der Waals surface area contributed by atoms with Crippen LogP contribution in [0, 0.1) is 0 Å². The van der Waals surface area contributed by atoms with Crippen molar-refractivity contribution in [1.29, 1.82) is 0 Å². The van der Waals surface area contributed by atoms with Crippen molar-refractivity contribution >= 4 is 27.6 Å². The van der Waals surface area contributed by atoms with Crippen LogP contribution in [0.1, 0.15) is 34.8 Å². The number of halogens is 1. The zero-order valence-corrected chi connectivity index (χ0v) is 13.0. The quantitative estimate of drug-likeness (QED) is 0.678. The summed E-state index contributed by atoms with van der Waals surface area (Å²) in [6, 6.07) is 4.98. The number of aryl methyl sites for hydroxylation is 1. The topological polar surface area (TPSA) is 83.0 Å². The third-order valence-electron chi connectivity index (χ3n) is 3.50. The molecule has 0 atom stereocenters. The molecule has 0 radical (unpaired) electrons. The van der Waals surface area contributed by atoms with E-state index in [1.54, 1.807) is 18.2 Å². The van der Waals surface area contributed by atoms with Crippen molar-refractivity contribution in [2.45, 2.75) is 32.4 Å². The number of fused-ring (bicyclic) bond motifs is 1. The van der Waals surface area contributed by atoms with Crippen LogP contribution in [0.2, 0.25) is 0 Å². The molecule has 0 spiro atoms. The number of nitrogens with two attached hydrogens (primary N) is 1. The van der Waals surface area contributed by atoms with Gasteiger partial charge in [0.2, 0.25) is 0 Å². The number of hydrogen-bond acceptors (Lipinski definition) is 5. The number of ether oxygens (including phenoxy) is 1. The van der Waals surface area contributed by atoms with E-state index in [1.807, 2.05) is 4.57 Å². The van der Waals surface area contributed by atoms with Gasteiger partial charge in [-0.1, -0.05) is 0 Å². The molecule has 2 N–H and O–H groups in total. The van der Waals surface area contributed by atoms with Gasteiger partial charge in [0.05, 0.1) is 5.56 Å². The Labute approximate surface area is 130 Å². The number of esters is 1. The summed E-state index contributed by atoms with van der Waals surface area (Å²) in [5, 5.41) is 8.23. The number of anilines is 1. The first-order valence-electron chi connectivity index (χ1n) is 6.78. The Hall–Kier alpha value is -1.89. The van der Waals surface area contributed by atoms with Crippen molar-refractivity contribution in [2.24, 2.45) is 0 Å². The predicted molar refractivity (Wildman–Crippen MR) is 80.6 cm³/mol. The van der Waals surface area contributed by atoms with E-state index in [-0.39, 0.29) is 6.61 Å². The molecule has 3 rings (SSSR count). The second-order valence-electron chi connectivity index (χ2n) is 4.95. The van der Waals surface area contributed by atoms with Crippen molar-refractivity contribution in [3.05, 3.63) is 39.9 Å². The normalized spacial score (nSPS) is 13.8. The fourth-order valence-corrected chi connectivity index (χ4v) is 2.61. The van der Waals surface area contributed by atoms with Crippen LogP contribution >= 0.6 is 15.9 Å². The highest BCUT2D eigenvalue weighted by atomic mass is 79.9. The van der Waals surface area contributed by atoms with Gasteiger partial charge in [-0.15, -0.1) is 10.2 Å². The molecule has 0 amide bonds. The lowest BCUT2D eigenvalue weighted by Crippen LogP contribution is -2.15. The van der Waals surface area contributed by atoms with Gasteiger partial charge < -0.3 is 15.0 Å². The fraction of sp³-hybridized carbons (Fsp3) is 0.357. The molecule has 1 aromatic heterocycles. The molecule has 0 saturated heterocycles. The summed E-state index contributed by atoms with van der Waals surface area (Å²) in [6.07, 6.45) is 3.18. The van der Waals surface area contributed by atoms with Crippen LogP contribution in [-0.2, 0) is 24.3 Å². The summed E-state index contributed by atoms with van der Waals surface area (Å²) in [6.45, 7) is 1.02. The largest absolute Gasteiger partial charge is 0.454 e. The van der Waals surface area contributed by atoms with Crippen molar-refractivity contribution in [3.63, 3.8) is 0 Å². The third-order valence-corrected chi connectivity index (χ3v) is 4.22. The Morgan fingerprint density at radius 2 is 2.24 bits per heavy atom. The van der Waals surface area contributed by atoms with Gasteiger partial charge in [0, 0.05) is 23.1 Å². The second-order valence-corrected chi connectivity index (χ2v) is 5.81. The van der Waals surface area contributed by atoms with Gasteiger partial charge in [0.15, 0.2) is 12.4 Å². The van der Waals surface area contributed by atoms with E-state index in [0.717, 1.165) is 36.1 Å². The van der Waals surface area contributed by atoms with Gasteiger partial charge in [-0.3, -0.25) is 0 Å². The van der Waals surface area contributed by atoms with E-state index in [2.05, 4.69) is 26.1 Å².